The second-order valence-corrected chi connectivity index (χ2v) is 15.8. The van der Waals surface area contributed by atoms with E-state index in [9.17, 15) is 13.8 Å². The molecule has 2 aliphatic carbocycles. The summed E-state index contributed by atoms with van der Waals surface area (Å²) >= 11 is 6.45. The molecule has 0 saturated heterocycles. The highest BCUT2D eigenvalue weighted by atomic mass is 35.5. The Hall–Kier alpha value is -3.12. The largest absolute Gasteiger partial charge is 0.491 e. The average Bonchev–Trinajstić information content (AvgIpc) is 3.81. The van der Waals surface area contributed by atoms with Gasteiger partial charge in [-0.2, -0.15) is 4.36 Å². The Morgan fingerprint density at radius 1 is 1.12 bits per heavy atom. The Labute approximate surface area is 296 Å². The molecule has 2 N–H and O–H groups in total. The molecule has 10 nitrogen and oxygen atoms in total. The lowest BCUT2D eigenvalue weighted by Gasteiger charge is -2.43. The van der Waals surface area contributed by atoms with E-state index >= 15 is 0 Å². The predicted molar refractivity (Wildman–Crippen MR) is 193 cm³/mol. The molecule has 0 radical (unpaired) electrons. The Morgan fingerprint density at radius 3 is 2.76 bits per heavy atom. The second-order valence-electron chi connectivity index (χ2n) is 14.0. The van der Waals surface area contributed by atoms with Crippen molar-refractivity contribution in [2.45, 2.75) is 75.9 Å². The minimum Gasteiger partial charge on any atom is -0.491 e. The number of rotatable bonds is 5. The number of halogens is 1. The first kappa shape index (κ1) is 35.7. The van der Waals surface area contributed by atoms with Crippen molar-refractivity contribution < 1.29 is 28.0 Å². The van der Waals surface area contributed by atoms with Gasteiger partial charge in [0.25, 0.3) is 5.91 Å². The fourth-order valence-corrected chi connectivity index (χ4v) is 8.73. The van der Waals surface area contributed by atoms with Gasteiger partial charge in [-0.15, -0.1) is 0 Å². The molecule has 0 aromatic heterocycles. The molecule has 12 heteroatoms. The molecule has 2 bridgehead atoms. The van der Waals surface area contributed by atoms with Gasteiger partial charge in [0.1, 0.15) is 11.1 Å². The molecule has 2 saturated carbocycles. The van der Waals surface area contributed by atoms with Crippen molar-refractivity contribution in [2.75, 3.05) is 38.9 Å². The van der Waals surface area contributed by atoms with Crippen LogP contribution < -0.4 is 20.3 Å². The van der Waals surface area contributed by atoms with Gasteiger partial charge in [-0.25, -0.2) is 4.79 Å². The molecule has 4 aliphatic rings. The summed E-state index contributed by atoms with van der Waals surface area (Å²) in [6, 6.07) is 11.0. The highest BCUT2D eigenvalue weighted by Gasteiger charge is 2.39. The number of nitrogens with one attached hydrogen (secondary N) is 2. The van der Waals surface area contributed by atoms with Gasteiger partial charge < -0.3 is 29.7 Å². The van der Waals surface area contributed by atoms with Gasteiger partial charge in [0, 0.05) is 49.9 Å². The third kappa shape index (κ3) is 8.79. The van der Waals surface area contributed by atoms with Crippen molar-refractivity contribution >= 4 is 39.8 Å². The summed E-state index contributed by atoms with van der Waals surface area (Å²) in [7, 11) is 0.884. The molecule has 3 amide bonds. The van der Waals surface area contributed by atoms with Crippen LogP contribution in [0.15, 0.2) is 52.9 Å². The predicted octanol–water partition coefficient (Wildman–Crippen LogP) is 6.16. The lowest BCUT2D eigenvalue weighted by molar-refractivity contribution is 0.0133. The zero-order chi connectivity index (χ0) is 34.5. The Bertz CT molecular complexity index is 1630. The molecule has 266 valence electrons. The van der Waals surface area contributed by atoms with Crippen LogP contribution in [0, 0.1) is 23.7 Å². The monoisotopic (exact) mass is 712 g/mol. The number of methoxy groups -OCH3 is 2. The summed E-state index contributed by atoms with van der Waals surface area (Å²) in [5.41, 5.74) is 3.54. The molecule has 0 spiro atoms. The van der Waals surface area contributed by atoms with Crippen LogP contribution in [0.3, 0.4) is 0 Å². The first-order valence-corrected chi connectivity index (χ1v) is 19.2. The van der Waals surface area contributed by atoms with Crippen LogP contribution in [-0.2, 0) is 33.0 Å². The number of benzene rings is 2. The topological polar surface area (TPSA) is 119 Å². The van der Waals surface area contributed by atoms with Crippen molar-refractivity contribution in [2.24, 2.45) is 28.0 Å². The van der Waals surface area contributed by atoms with E-state index in [1.807, 2.05) is 25.1 Å². The maximum Gasteiger partial charge on any atom is 0.316 e. The van der Waals surface area contributed by atoms with E-state index in [1.165, 1.54) is 11.1 Å². The van der Waals surface area contributed by atoms with Gasteiger partial charge in [-0.1, -0.05) is 36.7 Å². The van der Waals surface area contributed by atoms with E-state index in [0.29, 0.717) is 49.3 Å². The van der Waals surface area contributed by atoms with E-state index in [0.717, 1.165) is 55.8 Å². The quantitative estimate of drug-likeness (QED) is 0.251. The normalized spacial score (nSPS) is 31.3. The third-order valence-corrected chi connectivity index (χ3v) is 12.2. The molecule has 2 heterocycles. The van der Waals surface area contributed by atoms with Gasteiger partial charge in [0.05, 0.1) is 35.6 Å². The van der Waals surface area contributed by atoms with Gasteiger partial charge >= 0.3 is 6.03 Å². The minimum absolute atomic E-state index is 0.00590. The van der Waals surface area contributed by atoms with Crippen LogP contribution in [0.25, 0.3) is 0 Å². The number of urea groups is 1. The average molecular weight is 713 g/mol. The van der Waals surface area contributed by atoms with Crippen LogP contribution in [0.2, 0.25) is 5.02 Å². The summed E-state index contributed by atoms with van der Waals surface area (Å²) in [4.78, 5) is 29.1. The SMILES string of the molecule is COC[C@@H]1C[C@@H]1NC(=O)NC1[C@@H](C)C/C=C/[C@H](OC)[C@@H]2CC[C@H]2CN2Cc3ccc(Cl)cc3CCCCOc3ccc(cc32)C(=O)/N=[SH]\1=O. The fraction of sp³-hybridized carbons (Fsp3) is 0.568. The maximum absolute atomic E-state index is 13.8. The number of anilines is 1. The third-order valence-electron chi connectivity index (χ3n) is 10.5. The Morgan fingerprint density at radius 2 is 1.98 bits per heavy atom. The molecule has 49 heavy (non-hydrogen) atoms. The molecule has 2 aromatic rings. The Kier molecular flexibility index (Phi) is 11.9. The molecular weight excluding hydrogens is 664 g/mol. The smallest absolute Gasteiger partial charge is 0.316 e. The minimum atomic E-state index is -2.51. The van der Waals surface area contributed by atoms with Crippen molar-refractivity contribution in [1.82, 2.24) is 10.6 Å². The van der Waals surface area contributed by atoms with Crippen LogP contribution >= 0.6 is 11.6 Å². The summed E-state index contributed by atoms with van der Waals surface area (Å²) in [5, 5.41) is 5.72. The fourth-order valence-electron chi connectivity index (χ4n) is 7.34. The highest BCUT2D eigenvalue weighted by Crippen LogP contribution is 2.42. The van der Waals surface area contributed by atoms with Crippen molar-refractivity contribution in [3.63, 3.8) is 0 Å². The van der Waals surface area contributed by atoms with Gasteiger partial charge in [-0.3, -0.25) is 9.00 Å². The number of ether oxygens (including phenoxy) is 3. The van der Waals surface area contributed by atoms with Gasteiger partial charge in [0.15, 0.2) is 0 Å². The number of fused-ring (bicyclic) bond motifs is 3. The van der Waals surface area contributed by atoms with Crippen molar-refractivity contribution in [3.8, 4) is 5.75 Å². The first-order valence-electron chi connectivity index (χ1n) is 17.5. The number of carbonyl (C=O) groups is 2. The van der Waals surface area contributed by atoms with Crippen molar-refractivity contribution in [1.29, 1.82) is 0 Å². The van der Waals surface area contributed by atoms with E-state index in [4.69, 9.17) is 25.8 Å². The number of amides is 3. The molecule has 8 atom stereocenters. The summed E-state index contributed by atoms with van der Waals surface area (Å²) < 4.78 is 35.6. The van der Waals surface area contributed by atoms with E-state index in [-0.39, 0.29) is 24.0 Å². The highest BCUT2D eigenvalue weighted by molar-refractivity contribution is 7.76. The molecular formula is C37H49ClN4O6S. The first-order chi connectivity index (χ1) is 23.7. The number of allylic oxidation sites excluding steroid dienone is 1. The number of nitrogens with zero attached hydrogens (tertiary/aromatic N) is 2. The summed E-state index contributed by atoms with van der Waals surface area (Å²) in [6.07, 6.45) is 10.3. The van der Waals surface area contributed by atoms with Crippen LogP contribution in [0.4, 0.5) is 10.5 Å². The summed E-state index contributed by atoms with van der Waals surface area (Å²) in [6.45, 7) is 4.41. The maximum atomic E-state index is 13.8. The zero-order valence-corrected chi connectivity index (χ0v) is 30.3. The second kappa shape index (κ2) is 16.3. The zero-order valence-electron chi connectivity index (χ0n) is 28.6. The van der Waals surface area contributed by atoms with E-state index in [2.05, 4.69) is 44.2 Å². The number of hydrogen-bond acceptors (Lipinski definition) is 7. The van der Waals surface area contributed by atoms with Crippen molar-refractivity contribution in [3.05, 3.63) is 70.3 Å². The molecule has 2 aromatic carbocycles. The molecule has 2 aliphatic heterocycles. The number of aryl methyl sites for hydroxylation is 1. The van der Waals surface area contributed by atoms with Gasteiger partial charge in [0.2, 0.25) is 0 Å². The number of thiol groups is 1. The lowest BCUT2D eigenvalue weighted by Crippen LogP contribution is -2.46. The number of carbonyl (C=O) groups excluding carboxylic acids is 2. The number of hydrogen-bond donors (Lipinski definition) is 3. The van der Waals surface area contributed by atoms with Crippen LogP contribution in [0.1, 0.15) is 66.9 Å². The Balaban J connectivity index is 1.37. The van der Waals surface area contributed by atoms with Crippen LogP contribution in [-0.4, -0.2) is 67.6 Å². The molecule has 2 fully saturated rings. The van der Waals surface area contributed by atoms with Gasteiger partial charge in [-0.05, 0) is 104 Å². The van der Waals surface area contributed by atoms with E-state index in [1.54, 1.807) is 20.3 Å². The van der Waals surface area contributed by atoms with E-state index < -0.39 is 27.9 Å². The lowest BCUT2D eigenvalue weighted by atomic mass is 9.70. The molecule has 2 unspecified atom stereocenters. The molecule has 6 rings (SSSR count). The standard InChI is InChI=1S/C37H49ClN4O6S/c1-23-7-6-9-33(47-3)30-14-11-27(30)21-42-20-26-10-13-29(38)17-24(26)8-4-5-16-48-34-15-12-25(19-32(34)42)35(43)41-49(45)36(23)40-37(44)39-31-18-28(31)22-46-2/h6,9-10,12-13,15,17,19,23,27-28,30-31,33,36,49H,4-5,7-8,11,14,16,18,20-22H2,1-3H3,(H2,39,40,44)/b9-6+/t23-,27-,28-,30+,31-,33-,36?/m0/s1. The van der Waals surface area contributed by atoms with Crippen LogP contribution in [0.5, 0.6) is 5.75 Å². The summed E-state index contributed by atoms with van der Waals surface area (Å²) in [5.74, 6) is 0.787.